The van der Waals surface area contributed by atoms with E-state index in [1.54, 1.807) is 24.3 Å². The molecular formula is C21H16FN3O2S. The Morgan fingerprint density at radius 1 is 1.11 bits per heavy atom. The summed E-state index contributed by atoms with van der Waals surface area (Å²) in [6.07, 6.45) is 0.0855. The molecule has 0 saturated heterocycles. The van der Waals surface area contributed by atoms with E-state index in [0.717, 1.165) is 4.88 Å². The Bertz CT molecular complexity index is 1060. The van der Waals surface area contributed by atoms with Gasteiger partial charge in [-0.2, -0.15) is 0 Å². The van der Waals surface area contributed by atoms with Crippen LogP contribution in [0.3, 0.4) is 0 Å². The summed E-state index contributed by atoms with van der Waals surface area (Å²) in [7, 11) is 0. The van der Waals surface area contributed by atoms with Gasteiger partial charge in [-0.05, 0) is 35.7 Å². The number of carbonyl (C=O) groups excluding carboxylic acids is 2. The van der Waals surface area contributed by atoms with Gasteiger partial charge in [0.05, 0.1) is 29.2 Å². The summed E-state index contributed by atoms with van der Waals surface area (Å²) in [6.45, 7) is -0.225. The van der Waals surface area contributed by atoms with E-state index < -0.39 is 11.7 Å². The molecule has 140 valence electrons. The van der Waals surface area contributed by atoms with Crippen LogP contribution >= 0.6 is 11.3 Å². The molecule has 2 amide bonds. The summed E-state index contributed by atoms with van der Waals surface area (Å²) >= 11 is 1.51. The second-order valence-corrected chi connectivity index (χ2v) is 7.16. The Morgan fingerprint density at radius 2 is 1.89 bits per heavy atom. The van der Waals surface area contributed by atoms with Crippen LogP contribution < -0.4 is 10.2 Å². The highest BCUT2D eigenvalue weighted by Crippen LogP contribution is 2.33. The monoisotopic (exact) mass is 393 g/mol. The first-order chi connectivity index (χ1) is 13.6. The van der Waals surface area contributed by atoms with Crippen molar-refractivity contribution in [2.24, 2.45) is 4.99 Å². The zero-order valence-electron chi connectivity index (χ0n) is 14.8. The lowest BCUT2D eigenvalue weighted by molar-refractivity contribution is -0.120. The molecule has 2 aromatic carbocycles. The van der Waals surface area contributed by atoms with Crippen molar-refractivity contribution >= 4 is 45.9 Å². The van der Waals surface area contributed by atoms with Crippen molar-refractivity contribution in [3.05, 3.63) is 76.7 Å². The number of fused-ring (bicyclic) bond motifs is 1. The summed E-state index contributed by atoms with van der Waals surface area (Å²) < 4.78 is 13.8. The van der Waals surface area contributed by atoms with Gasteiger partial charge >= 0.3 is 0 Å². The highest BCUT2D eigenvalue weighted by atomic mass is 32.1. The lowest BCUT2D eigenvalue weighted by Crippen LogP contribution is -2.38. The molecule has 0 saturated carbocycles. The SMILES string of the molecule is O=C(CN1C(=O)CC(c2cccs2)=Nc2ccccc21)Nc1ccccc1F. The Balaban J connectivity index is 1.61. The molecular weight excluding hydrogens is 377 g/mol. The first kappa shape index (κ1) is 18.1. The van der Waals surface area contributed by atoms with Gasteiger partial charge < -0.3 is 10.2 Å². The van der Waals surface area contributed by atoms with Crippen LogP contribution in [-0.4, -0.2) is 24.1 Å². The Labute approximate surface area is 165 Å². The van der Waals surface area contributed by atoms with E-state index in [4.69, 9.17) is 0 Å². The third-order valence-corrected chi connectivity index (χ3v) is 5.22. The largest absolute Gasteiger partial charge is 0.322 e. The van der Waals surface area contributed by atoms with Gasteiger partial charge in [0.15, 0.2) is 0 Å². The van der Waals surface area contributed by atoms with E-state index >= 15 is 0 Å². The first-order valence-corrected chi connectivity index (χ1v) is 9.55. The van der Waals surface area contributed by atoms with Gasteiger partial charge in [-0.1, -0.05) is 30.3 Å². The normalized spacial score (nSPS) is 13.5. The Kier molecular flexibility index (Phi) is 4.99. The summed E-state index contributed by atoms with van der Waals surface area (Å²) in [4.78, 5) is 32.4. The molecule has 7 heteroatoms. The Morgan fingerprint density at radius 3 is 2.68 bits per heavy atom. The lowest BCUT2D eigenvalue weighted by Gasteiger charge is -2.22. The van der Waals surface area contributed by atoms with Crippen molar-refractivity contribution in [2.45, 2.75) is 6.42 Å². The predicted molar refractivity (Wildman–Crippen MR) is 109 cm³/mol. The van der Waals surface area contributed by atoms with Gasteiger partial charge in [-0.15, -0.1) is 11.3 Å². The topological polar surface area (TPSA) is 61.8 Å². The molecule has 0 bridgehead atoms. The molecule has 1 aromatic heterocycles. The van der Waals surface area contributed by atoms with Crippen molar-refractivity contribution in [1.29, 1.82) is 0 Å². The van der Waals surface area contributed by atoms with Crippen LogP contribution in [0.25, 0.3) is 0 Å². The van der Waals surface area contributed by atoms with Crippen molar-refractivity contribution in [2.75, 3.05) is 16.8 Å². The van der Waals surface area contributed by atoms with Crippen LogP contribution in [-0.2, 0) is 9.59 Å². The number of rotatable bonds is 4. The number of hydrogen-bond donors (Lipinski definition) is 1. The number of anilines is 2. The molecule has 0 unspecified atom stereocenters. The molecule has 1 aliphatic rings. The highest BCUT2D eigenvalue weighted by molar-refractivity contribution is 7.12. The maximum Gasteiger partial charge on any atom is 0.244 e. The van der Waals surface area contributed by atoms with E-state index in [1.165, 1.54) is 28.4 Å². The van der Waals surface area contributed by atoms with E-state index in [2.05, 4.69) is 10.3 Å². The minimum Gasteiger partial charge on any atom is -0.322 e. The molecule has 1 N–H and O–H groups in total. The maximum absolute atomic E-state index is 13.8. The fraction of sp³-hybridized carbons (Fsp3) is 0.0952. The second kappa shape index (κ2) is 7.74. The van der Waals surface area contributed by atoms with Gasteiger partial charge in [0.25, 0.3) is 0 Å². The van der Waals surface area contributed by atoms with Crippen molar-refractivity contribution in [3.63, 3.8) is 0 Å². The number of para-hydroxylation sites is 3. The average Bonchev–Trinajstić information content (AvgIpc) is 3.18. The summed E-state index contributed by atoms with van der Waals surface area (Å²) in [5.74, 6) is -1.24. The van der Waals surface area contributed by atoms with E-state index in [0.29, 0.717) is 17.1 Å². The first-order valence-electron chi connectivity index (χ1n) is 8.67. The molecule has 0 aliphatic carbocycles. The fourth-order valence-electron chi connectivity index (χ4n) is 3.00. The van der Waals surface area contributed by atoms with Crippen LogP contribution in [0.2, 0.25) is 0 Å². The van der Waals surface area contributed by atoms with Crippen molar-refractivity contribution in [1.82, 2.24) is 0 Å². The van der Waals surface area contributed by atoms with Gasteiger partial charge in [0.2, 0.25) is 11.8 Å². The van der Waals surface area contributed by atoms with Crippen molar-refractivity contribution < 1.29 is 14.0 Å². The van der Waals surface area contributed by atoms with Crippen LogP contribution in [0.1, 0.15) is 11.3 Å². The number of thiophene rings is 1. The molecule has 0 atom stereocenters. The van der Waals surface area contributed by atoms with Gasteiger partial charge in [-0.25, -0.2) is 9.38 Å². The third kappa shape index (κ3) is 3.70. The molecule has 0 spiro atoms. The predicted octanol–water partition coefficient (Wildman–Crippen LogP) is 4.38. The quantitative estimate of drug-likeness (QED) is 0.715. The average molecular weight is 393 g/mol. The standard InChI is InChI=1S/C21H16FN3O2S/c22-14-6-1-2-7-15(14)24-20(26)13-25-18-9-4-3-8-16(18)23-17(12-21(25)27)19-10-5-11-28-19/h1-11H,12-13H2,(H,24,26). The van der Waals surface area contributed by atoms with Gasteiger partial charge in [-0.3, -0.25) is 9.59 Å². The second-order valence-electron chi connectivity index (χ2n) is 6.21. The molecule has 28 heavy (non-hydrogen) atoms. The lowest BCUT2D eigenvalue weighted by atomic mass is 10.2. The molecule has 0 fully saturated rings. The summed E-state index contributed by atoms with van der Waals surface area (Å²) in [5.41, 5.74) is 1.93. The van der Waals surface area contributed by atoms with Crippen LogP contribution in [0.5, 0.6) is 0 Å². The van der Waals surface area contributed by atoms with Crippen LogP contribution in [0, 0.1) is 5.82 Å². The van der Waals surface area contributed by atoms with Crippen molar-refractivity contribution in [3.8, 4) is 0 Å². The summed E-state index contributed by atoms with van der Waals surface area (Å²) in [6, 6.07) is 16.9. The smallest absolute Gasteiger partial charge is 0.244 e. The fourth-order valence-corrected chi connectivity index (χ4v) is 3.71. The number of amides is 2. The minimum absolute atomic E-state index is 0.0820. The Hall–Kier alpha value is -3.32. The van der Waals surface area contributed by atoms with Gasteiger partial charge in [0, 0.05) is 4.88 Å². The molecule has 0 radical (unpaired) electrons. The van der Waals surface area contributed by atoms with Crippen LogP contribution in [0.4, 0.5) is 21.5 Å². The number of nitrogens with one attached hydrogen (secondary N) is 1. The third-order valence-electron chi connectivity index (χ3n) is 4.30. The number of hydrogen-bond acceptors (Lipinski definition) is 4. The number of nitrogens with zero attached hydrogens (tertiary/aromatic N) is 2. The summed E-state index contributed by atoms with van der Waals surface area (Å²) in [5, 5.41) is 4.45. The maximum atomic E-state index is 13.8. The zero-order chi connectivity index (χ0) is 19.5. The van der Waals surface area contributed by atoms with E-state index in [9.17, 15) is 14.0 Å². The minimum atomic E-state index is -0.526. The van der Waals surface area contributed by atoms with Crippen LogP contribution in [0.15, 0.2) is 71.0 Å². The molecule has 5 nitrogen and oxygen atoms in total. The number of benzene rings is 2. The van der Waals surface area contributed by atoms with Gasteiger partial charge in [0.1, 0.15) is 12.4 Å². The highest BCUT2D eigenvalue weighted by Gasteiger charge is 2.27. The number of halogens is 1. The molecule has 2 heterocycles. The number of carbonyl (C=O) groups is 2. The number of aliphatic imine (C=N–C) groups is 1. The van der Waals surface area contributed by atoms with E-state index in [1.807, 2.05) is 29.6 Å². The zero-order valence-corrected chi connectivity index (χ0v) is 15.6. The molecule has 3 aromatic rings. The van der Waals surface area contributed by atoms with E-state index in [-0.39, 0.29) is 24.6 Å². The molecule has 1 aliphatic heterocycles. The molecule has 4 rings (SSSR count).